The maximum Gasteiger partial charge on any atom is 0.0308 e. The molecule has 2 aromatic rings. The zero-order valence-corrected chi connectivity index (χ0v) is 11.9. The summed E-state index contributed by atoms with van der Waals surface area (Å²) in [6, 6.07) is 12.8. The van der Waals surface area contributed by atoms with Crippen LogP contribution in [0.15, 0.2) is 41.8 Å². The van der Waals surface area contributed by atoms with Gasteiger partial charge in [-0.05, 0) is 58.5 Å². The predicted molar refractivity (Wildman–Crippen MR) is 78.7 cm³/mol. The maximum atomic E-state index is 6.21. The van der Waals surface area contributed by atoms with E-state index in [1.807, 2.05) is 0 Å². The second-order valence-corrected chi connectivity index (χ2v) is 5.94. The minimum absolute atomic E-state index is 0.148. The van der Waals surface area contributed by atoms with Crippen LogP contribution in [0.1, 0.15) is 22.9 Å². The molecule has 0 aliphatic rings. The quantitative estimate of drug-likeness (QED) is 0.835. The van der Waals surface area contributed by atoms with Crippen LogP contribution >= 0.6 is 33.9 Å². The highest BCUT2D eigenvalue weighted by atomic mass is 127. The fraction of sp³-hybridized carbons (Fsp3) is 0.231. The van der Waals surface area contributed by atoms with Crippen molar-refractivity contribution in [3.05, 3.63) is 55.8 Å². The predicted octanol–water partition coefficient (Wildman–Crippen LogP) is 3.99. The summed E-state index contributed by atoms with van der Waals surface area (Å²) in [4.78, 5) is 1.42. The second kappa shape index (κ2) is 5.80. The molecule has 0 radical (unpaired) electrons. The fourth-order valence-corrected chi connectivity index (χ4v) is 3.20. The number of benzene rings is 1. The van der Waals surface area contributed by atoms with Gasteiger partial charge in [-0.2, -0.15) is 0 Å². The van der Waals surface area contributed by atoms with Gasteiger partial charge in [0.05, 0.1) is 0 Å². The van der Waals surface area contributed by atoms with Gasteiger partial charge in [0.2, 0.25) is 0 Å². The first-order valence-corrected chi connectivity index (χ1v) is 7.25. The van der Waals surface area contributed by atoms with E-state index in [0.717, 1.165) is 12.8 Å². The van der Waals surface area contributed by atoms with E-state index in [0.29, 0.717) is 0 Å². The normalized spacial score (nSPS) is 12.6. The summed E-state index contributed by atoms with van der Waals surface area (Å²) in [6.07, 6.45) is 2.09. The van der Waals surface area contributed by atoms with Gasteiger partial charge in [0.25, 0.3) is 0 Å². The van der Waals surface area contributed by atoms with E-state index in [-0.39, 0.29) is 6.04 Å². The second-order valence-electron chi connectivity index (χ2n) is 3.75. The minimum Gasteiger partial charge on any atom is -0.324 e. The number of thiophene rings is 1. The van der Waals surface area contributed by atoms with Crippen molar-refractivity contribution < 1.29 is 0 Å². The standard InChI is InChI=1S/C13H14INS/c14-12-6-2-1-5-11(12)13(15)8-7-10-4-3-9-16-10/h1-6,9,13H,7-8,15H2. The molecule has 1 nitrogen and oxygen atoms in total. The summed E-state index contributed by atoms with van der Waals surface area (Å²) in [7, 11) is 0. The van der Waals surface area contributed by atoms with E-state index >= 15 is 0 Å². The monoisotopic (exact) mass is 343 g/mol. The lowest BCUT2D eigenvalue weighted by Gasteiger charge is -2.13. The van der Waals surface area contributed by atoms with Gasteiger partial charge in [-0.15, -0.1) is 11.3 Å². The lowest BCUT2D eigenvalue weighted by atomic mass is 10.0. The van der Waals surface area contributed by atoms with Crippen LogP contribution in [-0.2, 0) is 6.42 Å². The van der Waals surface area contributed by atoms with Gasteiger partial charge < -0.3 is 5.73 Å². The zero-order valence-electron chi connectivity index (χ0n) is 8.90. The molecule has 1 aromatic carbocycles. The minimum atomic E-state index is 0.148. The highest BCUT2D eigenvalue weighted by Gasteiger charge is 2.09. The molecule has 0 bridgehead atoms. The van der Waals surface area contributed by atoms with Crippen LogP contribution in [0.3, 0.4) is 0 Å². The smallest absolute Gasteiger partial charge is 0.0308 e. The molecule has 0 saturated heterocycles. The first-order chi connectivity index (χ1) is 7.77. The number of aryl methyl sites for hydroxylation is 1. The van der Waals surface area contributed by atoms with Crippen LogP contribution < -0.4 is 5.73 Å². The Hall–Kier alpha value is -0.390. The molecule has 2 rings (SSSR count). The third kappa shape index (κ3) is 3.06. The van der Waals surface area contributed by atoms with E-state index < -0.39 is 0 Å². The Balaban J connectivity index is 1.98. The summed E-state index contributed by atoms with van der Waals surface area (Å²) < 4.78 is 1.26. The third-order valence-corrected chi connectivity index (χ3v) is 4.51. The molecule has 16 heavy (non-hydrogen) atoms. The number of halogens is 1. The van der Waals surface area contributed by atoms with Crippen LogP contribution in [-0.4, -0.2) is 0 Å². The van der Waals surface area contributed by atoms with Gasteiger partial charge in [-0.3, -0.25) is 0 Å². The molecule has 0 fully saturated rings. The Morgan fingerprint density at radius 2 is 2.00 bits per heavy atom. The van der Waals surface area contributed by atoms with Crippen LogP contribution in [0.4, 0.5) is 0 Å². The third-order valence-electron chi connectivity index (χ3n) is 2.59. The summed E-state index contributed by atoms with van der Waals surface area (Å²) in [5.41, 5.74) is 7.48. The number of rotatable bonds is 4. The topological polar surface area (TPSA) is 26.0 Å². The molecular formula is C13H14INS. The van der Waals surface area contributed by atoms with Crippen LogP contribution in [0.2, 0.25) is 0 Å². The summed E-state index contributed by atoms with van der Waals surface area (Å²) in [5.74, 6) is 0. The molecule has 84 valence electrons. The van der Waals surface area contributed by atoms with E-state index in [4.69, 9.17) is 5.73 Å². The molecule has 0 spiro atoms. The van der Waals surface area contributed by atoms with Crippen molar-refractivity contribution in [1.29, 1.82) is 0 Å². The maximum absolute atomic E-state index is 6.21. The Morgan fingerprint density at radius 3 is 2.69 bits per heavy atom. The summed E-state index contributed by atoms with van der Waals surface area (Å²) in [5, 5.41) is 2.12. The highest BCUT2D eigenvalue weighted by molar-refractivity contribution is 14.1. The van der Waals surface area contributed by atoms with E-state index in [1.165, 1.54) is 14.0 Å². The van der Waals surface area contributed by atoms with Crippen molar-refractivity contribution >= 4 is 33.9 Å². The van der Waals surface area contributed by atoms with Crippen molar-refractivity contribution in [2.24, 2.45) is 5.73 Å². The summed E-state index contributed by atoms with van der Waals surface area (Å²) in [6.45, 7) is 0. The van der Waals surface area contributed by atoms with Crippen molar-refractivity contribution in [2.75, 3.05) is 0 Å². The van der Waals surface area contributed by atoms with Gasteiger partial charge >= 0.3 is 0 Å². The molecule has 3 heteroatoms. The largest absolute Gasteiger partial charge is 0.324 e. The lowest BCUT2D eigenvalue weighted by Crippen LogP contribution is -2.12. The highest BCUT2D eigenvalue weighted by Crippen LogP contribution is 2.22. The lowest BCUT2D eigenvalue weighted by molar-refractivity contribution is 0.652. The molecule has 0 saturated carbocycles. The molecule has 1 atom stereocenters. The Morgan fingerprint density at radius 1 is 1.19 bits per heavy atom. The molecule has 0 aliphatic carbocycles. The average molecular weight is 343 g/mol. The van der Waals surface area contributed by atoms with Gasteiger partial charge in [-0.1, -0.05) is 24.3 Å². The van der Waals surface area contributed by atoms with Crippen molar-refractivity contribution in [3.8, 4) is 0 Å². The van der Waals surface area contributed by atoms with Crippen LogP contribution in [0.25, 0.3) is 0 Å². The van der Waals surface area contributed by atoms with Crippen molar-refractivity contribution in [3.63, 3.8) is 0 Å². The fourth-order valence-electron chi connectivity index (χ4n) is 1.68. The molecular weight excluding hydrogens is 329 g/mol. The average Bonchev–Trinajstić information content (AvgIpc) is 2.79. The van der Waals surface area contributed by atoms with Crippen LogP contribution in [0, 0.1) is 3.57 Å². The molecule has 1 heterocycles. The SMILES string of the molecule is NC(CCc1cccs1)c1ccccc1I. The Bertz CT molecular complexity index is 439. The molecule has 0 amide bonds. The van der Waals surface area contributed by atoms with Crippen LogP contribution in [0.5, 0.6) is 0 Å². The van der Waals surface area contributed by atoms with E-state index in [1.54, 1.807) is 11.3 Å². The number of hydrogen-bond acceptors (Lipinski definition) is 2. The van der Waals surface area contributed by atoms with E-state index in [2.05, 4.69) is 64.4 Å². The Kier molecular flexibility index (Phi) is 4.37. The van der Waals surface area contributed by atoms with Gasteiger partial charge in [0.1, 0.15) is 0 Å². The van der Waals surface area contributed by atoms with Gasteiger partial charge in [-0.25, -0.2) is 0 Å². The van der Waals surface area contributed by atoms with Crippen molar-refractivity contribution in [1.82, 2.24) is 0 Å². The first-order valence-electron chi connectivity index (χ1n) is 5.30. The number of nitrogens with two attached hydrogens (primary N) is 1. The molecule has 1 aromatic heterocycles. The van der Waals surface area contributed by atoms with E-state index in [9.17, 15) is 0 Å². The molecule has 2 N–H and O–H groups in total. The summed E-state index contributed by atoms with van der Waals surface area (Å²) >= 11 is 4.16. The first kappa shape index (κ1) is 12.1. The zero-order chi connectivity index (χ0) is 11.4. The molecule has 1 unspecified atom stereocenters. The van der Waals surface area contributed by atoms with Crippen molar-refractivity contribution in [2.45, 2.75) is 18.9 Å². The van der Waals surface area contributed by atoms with Gasteiger partial charge in [0, 0.05) is 14.5 Å². The van der Waals surface area contributed by atoms with Gasteiger partial charge in [0.15, 0.2) is 0 Å². The number of hydrogen-bond donors (Lipinski definition) is 1. The Labute approximate surface area is 114 Å². The molecule has 0 aliphatic heterocycles.